The Balaban J connectivity index is 4.78. The third-order valence-electron chi connectivity index (χ3n) is 3.97. The van der Waals surface area contributed by atoms with Crippen molar-refractivity contribution in [3.05, 3.63) is 0 Å². The Morgan fingerprint density at radius 3 is 1.64 bits per heavy atom. The van der Waals surface area contributed by atoms with Gasteiger partial charge in [-0.1, -0.05) is 54.4 Å². The van der Waals surface area contributed by atoms with Gasteiger partial charge in [0.15, 0.2) is 8.32 Å². The lowest BCUT2D eigenvalue weighted by molar-refractivity contribution is 0.371. The van der Waals surface area contributed by atoms with Gasteiger partial charge in [-0.15, -0.1) is 0 Å². The molecule has 86 valence electrons. The molecule has 0 aromatic rings. The molecule has 0 spiro atoms. The van der Waals surface area contributed by atoms with Gasteiger partial charge in [-0.3, -0.25) is 0 Å². The van der Waals surface area contributed by atoms with Crippen LogP contribution in [0.5, 0.6) is 0 Å². The van der Waals surface area contributed by atoms with Crippen LogP contribution in [-0.2, 0) is 0 Å². The summed E-state index contributed by atoms with van der Waals surface area (Å²) in [6.07, 6.45) is 2.25. The highest BCUT2D eigenvalue weighted by molar-refractivity contribution is 6.75. The molecule has 0 saturated heterocycles. The molecule has 0 aliphatic heterocycles. The first-order valence-corrected chi connectivity index (χ1v) is 8.40. The van der Waals surface area contributed by atoms with Gasteiger partial charge in [0, 0.05) is 0 Å². The first-order valence-electron chi connectivity index (χ1n) is 6.04. The van der Waals surface area contributed by atoms with Gasteiger partial charge in [0.2, 0.25) is 0 Å². The first kappa shape index (κ1) is 14.2. The van der Waals surface area contributed by atoms with Gasteiger partial charge < -0.3 is 4.80 Å². The van der Waals surface area contributed by atoms with Crippen molar-refractivity contribution >= 4 is 8.32 Å². The van der Waals surface area contributed by atoms with Crippen molar-refractivity contribution in [2.24, 2.45) is 5.92 Å². The second-order valence-corrected chi connectivity index (χ2v) is 9.76. The Kier molecular flexibility index (Phi) is 5.38. The van der Waals surface area contributed by atoms with Crippen LogP contribution >= 0.6 is 0 Å². The summed E-state index contributed by atoms with van der Waals surface area (Å²) in [5.74, 6) is 0.581. The molecule has 0 aliphatic carbocycles. The van der Waals surface area contributed by atoms with Crippen LogP contribution in [-0.4, -0.2) is 13.1 Å². The summed E-state index contributed by atoms with van der Waals surface area (Å²) < 4.78 is 0. The molecule has 1 nitrogen and oxygen atoms in total. The fourth-order valence-electron chi connectivity index (χ4n) is 2.13. The van der Waals surface area contributed by atoms with E-state index in [1.54, 1.807) is 0 Å². The van der Waals surface area contributed by atoms with Gasteiger partial charge in [0.25, 0.3) is 0 Å². The first-order chi connectivity index (χ1) is 6.31. The van der Waals surface area contributed by atoms with Crippen molar-refractivity contribution in [1.82, 2.24) is 0 Å². The van der Waals surface area contributed by atoms with Crippen molar-refractivity contribution in [3.63, 3.8) is 0 Å². The summed E-state index contributed by atoms with van der Waals surface area (Å²) >= 11 is 0. The fourth-order valence-corrected chi connectivity index (χ4v) is 6.40. The van der Waals surface area contributed by atoms with Gasteiger partial charge in [-0.05, 0) is 23.0 Å². The van der Waals surface area contributed by atoms with Crippen LogP contribution in [0.15, 0.2) is 0 Å². The molecule has 0 aromatic carbocycles. The standard InChI is InChI=1S/C12H28OSi/c1-7-9-14(13,10-8-2)12(5,6)11(3)4/h11,13H,7-10H2,1-6H3. The van der Waals surface area contributed by atoms with Gasteiger partial charge in [0.05, 0.1) is 0 Å². The predicted molar refractivity (Wildman–Crippen MR) is 67.0 cm³/mol. The molecule has 0 aromatic heterocycles. The monoisotopic (exact) mass is 216 g/mol. The van der Waals surface area contributed by atoms with E-state index in [-0.39, 0.29) is 5.04 Å². The van der Waals surface area contributed by atoms with Crippen molar-refractivity contribution in [3.8, 4) is 0 Å². The minimum absolute atomic E-state index is 0.152. The predicted octanol–water partition coefficient (Wildman–Crippen LogP) is 4.18. The van der Waals surface area contributed by atoms with Gasteiger partial charge in [-0.2, -0.15) is 0 Å². The van der Waals surface area contributed by atoms with Crippen LogP contribution in [0.25, 0.3) is 0 Å². The van der Waals surface area contributed by atoms with Crippen LogP contribution in [0, 0.1) is 5.92 Å². The molecule has 0 rings (SSSR count). The molecule has 0 unspecified atom stereocenters. The largest absolute Gasteiger partial charge is 0.431 e. The summed E-state index contributed by atoms with van der Waals surface area (Å²) in [4.78, 5) is 10.8. The average Bonchev–Trinajstić information content (AvgIpc) is 2.04. The van der Waals surface area contributed by atoms with Crippen LogP contribution in [0.3, 0.4) is 0 Å². The highest BCUT2D eigenvalue weighted by Gasteiger charge is 2.46. The maximum atomic E-state index is 10.8. The number of rotatable bonds is 6. The summed E-state index contributed by atoms with van der Waals surface area (Å²) in [5.41, 5.74) is 0. The Bertz CT molecular complexity index is 158. The van der Waals surface area contributed by atoms with Crippen molar-refractivity contribution < 1.29 is 4.80 Å². The van der Waals surface area contributed by atoms with Crippen LogP contribution in [0.4, 0.5) is 0 Å². The van der Waals surface area contributed by atoms with Gasteiger partial charge >= 0.3 is 0 Å². The molecule has 0 saturated carbocycles. The molecule has 0 amide bonds. The highest BCUT2D eigenvalue weighted by atomic mass is 28.4. The molecular formula is C12H28OSi. The molecule has 0 atom stereocenters. The van der Waals surface area contributed by atoms with Crippen molar-refractivity contribution in [2.75, 3.05) is 0 Å². The van der Waals surface area contributed by atoms with E-state index in [0.717, 1.165) is 24.9 Å². The molecule has 0 aliphatic rings. The Hall–Kier alpha value is 0.177. The summed E-state index contributed by atoms with van der Waals surface area (Å²) in [5, 5.41) is 0.152. The normalized spacial score (nSPS) is 13.7. The smallest absolute Gasteiger partial charge is 0.194 e. The van der Waals surface area contributed by atoms with E-state index in [1.165, 1.54) is 0 Å². The molecule has 0 bridgehead atoms. The molecular weight excluding hydrogens is 188 g/mol. The Labute approximate surface area is 91.1 Å². The van der Waals surface area contributed by atoms with E-state index in [9.17, 15) is 4.80 Å². The molecule has 0 radical (unpaired) electrons. The van der Waals surface area contributed by atoms with E-state index in [1.807, 2.05) is 0 Å². The lowest BCUT2D eigenvalue weighted by atomic mass is 9.99. The summed E-state index contributed by atoms with van der Waals surface area (Å²) in [6, 6.07) is 2.12. The lowest BCUT2D eigenvalue weighted by Crippen LogP contribution is -2.47. The maximum absolute atomic E-state index is 10.8. The van der Waals surface area contributed by atoms with Gasteiger partial charge in [0.1, 0.15) is 0 Å². The molecule has 0 fully saturated rings. The van der Waals surface area contributed by atoms with E-state index >= 15 is 0 Å². The number of hydrogen-bond acceptors (Lipinski definition) is 1. The van der Waals surface area contributed by atoms with Crippen LogP contribution < -0.4 is 0 Å². The molecule has 14 heavy (non-hydrogen) atoms. The zero-order valence-corrected chi connectivity index (χ0v) is 11.9. The third kappa shape index (κ3) is 2.83. The quantitative estimate of drug-likeness (QED) is 0.660. The van der Waals surface area contributed by atoms with Crippen molar-refractivity contribution in [1.29, 1.82) is 0 Å². The maximum Gasteiger partial charge on any atom is 0.194 e. The third-order valence-corrected chi connectivity index (χ3v) is 9.60. The minimum atomic E-state index is -2.04. The van der Waals surface area contributed by atoms with Crippen LogP contribution in [0.2, 0.25) is 17.1 Å². The summed E-state index contributed by atoms with van der Waals surface area (Å²) in [6.45, 7) is 13.4. The van der Waals surface area contributed by atoms with Crippen molar-refractivity contribution in [2.45, 2.75) is 71.5 Å². The summed E-state index contributed by atoms with van der Waals surface area (Å²) in [7, 11) is -2.04. The zero-order valence-electron chi connectivity index (χ0n) is 10.9. The fraction of sp³-hybridized carbons (Fsp3) is 1.00. The van der Waals surface area contributed by atoms with Crippen LogP contribution in [0.1, 0.15) is 54.4 Å². The number of hydrogen-bond donors (Lipinski definition) is 1. The topological polar surface area (TPSA) is 20.2 Å². The Morgan fingerprint density at radius 2 is 1.43 bits per heavy atom. The van der Waals surface area contributed by atoms with E-state index < -0.39 is 8.32 Å². The molecule has 0 heterocycles. The van der Waals surface area contributed by atoms with E-state index in [0.29, 0.717) is 5.92 Å². The average molecular weight is 216 g/mol. The molecule has 1 N–H and O–H groups in total. The van der Waals surface area contributed by atoms with E-state index in [4.69, 9.17) is 0 Å². The second-order valence-electron chi connectivity index (χ2n) is 5.41. The highest BCUT2D eigenvalue weighted by Crippen LogP contribution is 2.47. The Morgan fingerprint density at radius 1 is 1.07 bits per heavy atom. The van der Waals surface area contributed by atoms with Gasteiger partial charge in [-0.25, -0.2) is 0 Å². The second kappa shape index (κ2) is 5.31. The minimum Gasteiger partial charge on any atom is -0.431 e. The molecule has 2 heteroatoms. The van der Waals surface area contributed by atoms with E-state index in [2.05, 4.69) is 41.5 Å². The zero-order chi connectivity index (χ0) is 11.4. The SMILES string of the molecule is CCC[Si](O)(CCC)C(C)(C)C(C)C. The lowest BCUT2D eigenvalue weighted by Gasteiger charge is -2.43.